The van der Waals surface area contributed by atoms with Crippen LogP contribution in [0.4, 0.5) is 0 Å². The largest absolute Gasteiger partial charge is 0.362 e. The van der Waals surface area contributed by atoms with Gasteiger partial charge in [0.1, 0.15) is 6.54 Å². The van der Waals surface area contributed by atoms with Crippen LogP contribution in [0, 0.1) is 5.92 Å². The van der Waals surface area contributed by atoms with Gasteiger partial charge in [-0.1, -0.05) is 18.7 Å². The second-order valence-corrected chi connectivity index (χ2v) is 6.65. The minimum atomic E-state index is -0.188. The number of nitrogens with one attached hydrogen (secondary N) is 2. The number of amides is 1. The Morgan fingerprint density at radius 3 is 2.71 bits per heavy atom. The van der Waals surface area contributed by atoms with E-state index >= 15 is 0 Å². The average molecular weight is 257 g/mol. The van der Waals surface area contributed by atoms with Crippen LogP contribution in [0.25, 0.3) is 0 Å². The van der Waals surface area contributed by atoms with E-state index in [0.29, 0.717) is 12.0 Å². The van der Waals surface area contributed by atoms with Gasteiger partial charge in [0.25, 0.3) is 0 Å². The van der Waals surface area contributed by atoms with E-state index in [9.17, 15) is 4.79 Å². The lowest BCUT2D eigenvalue weighted by molar-refractivity contribution is -0.121. The summed E-state index contributed by atoms with van der Waals surface area (Å²) in [5.74, 6) is 1.68. The molecule has 0 aliphatic carbocycles. The maximum Gasteiger partial charge on any atom is 0.242 e. The van der Waals surface area contributed by atoms with E-state index in [-0.39, 0.29) is 18.0 Å². The Morgan fingerprint density at radius 1 is 1.53 bits per heavy atom. The zero-order chi connectivity index (χ0) is 13.1. The first kappa shape index (κ1) is 14.4. The van der Waals surface area contributed by atoms with Crippen LogP contribution in [0.2, 0.25) is 0 Å². The van der Waals surface area contributed by atoms with Crippen molar-refractivity contribution in [3.63, 3.8) is 0 Å². The number of carbonyl (C=O) groups excluding carboxylic acids is 1. The summed E-state index contributed by atoms with van der Waals surface area (Å²) < 4.78 is 0. The Balaban J connectivity index is 2.41. The minimum absolute atomic E-state index is 0.0290. The lowest BCUT2D eigenvalue weighted by atomic mass is 10.1. The molecule has 4 nitrogen and oxygen atoms in total. The first-order chi connectivity index (χ1) is 7.78. The van der Waals surface area contributed by atoms with E-state index in [4.69, 9.17) is 0 Å². The summed E-state index contributed by atoms with van der Waals surface area (Å²) in [6.45, 7) is 10.5. The van der Waals surface area contributed by atoms with Gasteiger partial charge < -0.3 is 10.6 Å². The van der Waals surface area contributed by atoms with Crippen LogP contribution in [-0.2, 0) is 4.79 Å². The van der Waals surface area contributed by atoms with Crippen LogP contribution in [0.3, 0.4) is 0 Å². The highest BCUT2D eigenvalue weighted by atomic mass is 32.2. The van der Waals surface area contributed by atoms with Crippen molar-refractivity contribution in [2.45, 2.75) is 46.2 Å². The molecule has 1 fully saturated rings. The molecule has 1 heterocycles. The Kier molecular flexibility index (Phi) is 4.86. The van der Waals surface area contributed by atoms with Crippen molar-refractivity contribution < 1.29 is 4.79 Å². The molecule has 0 radical (unpaired) electrons. The summed E-state index contributed by atoms with van der Waals surface area (Å²) >= 11 is 1.69. The van der Waals surface area contributed by atoms with Crippen molar-refractivity contribution in [1.82, 2.24) is 10.6 Å². The lowest BCUT2D eigenvalue weighted by Gasteiger charge is -2.28. The molecular formula is C12H23N3OS. The van der Waals surface area contributed by atoms with E-state index < -0.39 is 0 Å². The summed E-state index contributed by atoms with van der Waals surface area (Å²) in [7, 11) is 0. The fourth-order valence-corrected chi connectivity index (χ4v) is 2.56. The number of hydrogen-bond acceptors (Lipinski definition) is 3. The fourth-order valence-electron chi connectivity index (χ4n) is 1.43. The van der Waals surface area contributed by atoms with Gasteiger partial charge in [-0.3, -0.25) is 9.79 Å². The highest BCUT2D eigenvalue weighted by molar-refractivity contribution is 8.13. The predicted octanol–water partition coefficient (Wildman–Crippen LogP) is 1.62. The average Bonchev–Trinajstić information content (AvgIpc) is 2.17. The van der Waals surface area contributed by atoms with Crippen molar-refractivity contribution in [3.05, 3.63) is 0 Å². The van der Waals surface area contributed by atoms with Crippen LogP contribution in [0.1, 0.15) is 34.6 Å². The van der Waals surface area contributed by atoms with Crippen LogP contribution in [0.5, 0.6) is 0 Å². The number of carbonyl (C=O) groups is 1. The zero-order valence-corrected chi connectivity index (χ0v) is 12.1. The fraction of sp³-hybridized carbons (Fsp3) is 0.833. The Bertz CT molecular complexity index is 309. The molecule has 0 aromatic heterocycles. The van der Waals surface area contributed by atoms with E-state index in [0.717, 1.165) is 10.9 Å². The van der Waals surface area contributed by atoms with Crippen LogP contribution in [0.15, 0.2) is 4.99 Å². The van der Waals surface area contributed by atoms with Gasteiger partial charge in [0, 0.05) is 17.3 Å². The highest BCUT2D eigenvalue weighted by Gasteiger charge is 2.21. The SMILES string of the molecule is CC1CSC(=NCC(=O)NC(C)(C)C)NC1C. The summed E-state index contributed by atoms with van der Waals surface area (Å²) in [4.78, 5) is 15.9. The van der Waals surface area contributed by atoms with Crippen LogP contribution in [-0.4, -0.2) is 35.0 Å². The molecule has 0 bridgehead atoms. The molecule has 5 heteroatoms. The molecule has 2 N–H and O–H groups in total. The summed E-state index contributed by atoms with van der Waals surface area (Å²) in [5, 5.41) is 7.10. The van der Waals surface area contributed by atoms with Crippen LogP contribution >= 0.6 is 11.8 Å². The van der Waals surface area contributed by atoms with Gasteiger partial charge in [0.2, 0.25) is 5.91 Å². The van der Waals surface area contributed by atoms with Gasteiger partial charge in [-0.25, -0.2) is 0 Å². The number of aliphatic imine (C=N–C) groups is 1. The molecule has 98 valence electrons. The third-order valence-corrected chi connectivity index (χ3v) is 3.78. The van der Waals surface area contributed by atoms with Crippen molar-refractivity contribution in [3.8, 4) is 0 Å². The molecule has 1 aliphatic rings. The summed E-state index contributed by atoms with van der Waals surface area (Å²) in [6.07, 6.45) is 0. The molecule has 1 rings (SSSR count). The molecule has 0 aromatic rings. The quantitative estimate of drug-likeness (QED) is 0.790. The van der Waals surface area contributed by atoms with E-state index in [2.05, 4.69) is 29.5 Å². The number of amidine groups is 1. The van der Waals surface area contributed by atoms with Crippen molar-refractivity contribution in [2.24, 2.45) is 10.9 Å². The molecule has 2 unspecified atom stereocenters. The van der Waals surface area contributed by atoms with Gasteiger partial charge in [-0.15, -0.1) is 0 Å². The Hall–Kier alpha value is -0.710. The molecule has 1 saturated heterocycles. The van der Waals surface area contributed by atoms with Gasteiger partial charge in [-0.05, 0) is 33.6 Å². The second-order valence-electron chi connectivity index (χ2n) is 5.64. The molecule has 1 aliphatic heterocycles. The first-order valence-electron chi connectivity index (χ1n) is 6.03. The maximum atomic E-state index is 11.6. The number of hydrogen-bond donors (Lipinski definition) is 2. The van der Waals surface area contributed by atoms with Crippen molar-refractivity contribution in [2.75, 3.05) is 12.3 Å². The standard InChI is InChI=1S/C12H23N3OS/c1-8-7-17-11(14-9(8)2)13-6-10(16)15-12(3,4)5/h8-9H,6-7H2,1-5H3,(H,13,14)(H,15,16). The molecule has 1 amide bonds. The van der Waals surface area contributed by atoms with Gasteiger partial charge in [0.15, 0.2) is 5.17 Å². The van der Waals surface area contributed by atoms with E-state index in [1.807, 2.05) is 20.8 Å². The van der Waals surface area contributed by atoms with Gasteiger partial charge in [-0.2, -0.15) is 0 Å². The second kappa shape index (κ2) is 5.76. The zero-order valence-electron chi connectivity index (χ0n) is 11.3. The number of nitrogens with zero attached hydrogens (tertiary/aromatic N) is 1. The third kappa shape index (κ3) is 5.44. The minimum Gasteiger partial charge on any atom is -0.362 e. The normalized spacial score (nSPS) is 27.7. The highest BCUT2D eigenvalue weighted by Crippen LogP contribution is 2.19. The van der Waals surface area contributed by atoms with Crippen molar-refractivity contribution >= 4 is 22.8 Å². The summed E-state index contributed by atoms with van der Waals surface area (Å²) in [5.41, 5.74) is -0.188. The molecule has 0 saturated carbocycles. The van der Waals surface area contributed by atoms with Gasteiger partial charge >= 0.3 is 0 Å². The van der Waals surface area contributed by atoms with Crippen LogP contribution < -0.4 is 10.6 Å². The molecule has 2 atom stereocenters. The molecule has 0 spiro atoms. The molecule has 0 aromatic carbocycles. The maximum absolute atomic E-state index is 11.6. The van der Waals surface area contributed by atoms with E-state index in [1.165, 1.54) is 0 Å². The molecular weight excluding hydrogens is 234 g/mol. The molecule has 17 heavy (non-hydrogen) atoms. The summed E-state index contributed by atoms with van der Waals surface area (Å²) in [6, 6.07) is 0.431. The first-order valence-corrected chi connectivity index (χ1v) is 7.01. The van der Waals surface area contributed by atoms with E-state index in [1.54, 1.807) is 11.8 Å². The third-order valence-electron chi connectivity index (χ3n) is 2.57. The smallest absolute Gasteiger partial charge is 0.242 e. The Morgan fingerprint density at radius 2 is 2.18 bits per heavy atom. The number of rotatable bonds is 2. The number of thioether (sulfide) groups is 1. The van der Waals surface area contributed by atoms with Crippen molar-refractivity contribution in [1.29, 1.82) is 0 Å². The predicted molar refractivity (Wildman–Crippen MR) is 74.4 cm³/mol. The lowest BCUT2D eigenvalue weighted by Crippen LogP contribution is -2.43. The van der Waals surface area contributed by atoms with Gasteiger partial charge in [0.05, 0.1) is 0 Å². The topological polar surface area (TPSA) is 53.5 Å². The monoisotopic (exact) mass is 257 g/mol. The Labute approximate surface area is 108 Å².